The zero-order valence-corrected chi connectivity index (χ0v) is 12.6. The van der Waals surface area contributed by atoms with Gasteiger partial charge in [0.1, 0.15) is 6.04 Å². The smallest absolute Gasteiger partial charge is 0.241 e. The van der Waals surface area contributed by atoms with Gasteiger partial charge in [0, 0.05) is 29.7 Å². The Hall–Kier alpha value is -2.07. The standard InChI is InChI=1S/C18H21N3O/c22-18(17-6-3-9-19-17)20-11-12-7-8-16-14(10-12)13-4-1-2-5-15(13)21-16/h3,6-8,10,17,19,21H,1-2,4-5,9,11H2,(H,20,22)/t17-/m1/s1. The lowest BCUT2D eigenvalue weighted by atomic mass is 9.95. The van der Waals surface area contributed by atoms with Gasteiger partial charge in [-0.2, -0.15) is 0 Å². The van der Waals surface area contributed by atoms with Crippen LogP contribution in [0.5, 0.6) is 0 Å². The number of H-pyrrole nitrogens is 1. The van der Waals surface area contributed by atoms with Crippen molar-refractivity contribution in [1.29, 1.82) is 0 Å². The zero-order chi connectivity index (χ0) is 14.9. The number of benzene rings is 1. The van der Waals surface area contributed by atoms with E-state index in [1.807, 2.05) is 12.2 Å². The predicted molar refractivity (Wildman–Crippen MR) is 87.7 cm³/mol. The molecule has 1 amide bonds. The van der Waals surface area contributed by atoms with E-state index in [0.717, 1.165) is 18.5 Å². The molecule has 22 heavy (non-hydrogen) atoms. The summed E-state index contributed by atoms with van der Waals surface area (Å²) in [6, 6.07) is 6.29. The Kier molecular flexibility index (Phi) is 3.47. The highest BCUT2D eigenvalue weighted by atomic mass is 16.2. The van der Waals surface area contributed by atoms with E-state index >= 15 is 0 Å². The molecule has 114 valence electrons. The lowest BCUT2D eigenvalue weighted by molar-refractivity contribution is -0.122. The van der Waals surface area contributed by atoms with Crippen LogP contribution in [0.4, 0.5) is 0 Å². The largest absolute Gasteiger partial charge is 0.358 e. The van der Waals surface area contributed by atoms with Gasteiger partial charge >= 0.3 is 0 Å². The lowest BCUT2D eigenvalue weighted by Crippen LogP contribution is -2.40. The van der Waals surface area contributed by atoms with Gasteiger partial charge in [-0.1, -0.05) is 18.2 Å². The molecule has 1 aliphatic heterocycles. The summed E-state index contributed by atoms with van der Waals surface area (Å²) in [7, 11) is 0. The summed E-state index contributed by atoms with van der Waals surface area (Å²) in [5.41, 5.74) is 5.27. The van der Waals surface area contributed by atoms with Gasteiger partial charge in [0.25, 0.3) is 0 Å². The van der Waals surface area contributed by atoms with E-state index in [9.17, 15) is 4.79 Å². The molecule has 4 rings (SSSR count). The Balaban J connectivity index is 1.52. The maximum absolute atomic E-state index is 12.0. The summed E-state index contributed by atoms with van der Waals surface area (Å²) >= 11 is 0. The average Bonchev–Trinajstić information content (AvgIpc) is 3.20. The number of aryl methyl sites for hydroxylation is 2. The van der Waals surface area contributed by atoms with Gasteiger partial charge in [-0.25, -0.2) is 0 Å². The Morgan fingerprint density at radius 1 is 1.27 bits per heavy atom. The summed E-state index contributed by atoms with van der Waals surface area (Å²) in [4.78, 5) is 15.6. The van der Waals surface area contributed by atoms with Crippen molar-refractivity contribution >= 4 is 16.8 Å². The molecule has 0 radical (unpaired) electrons. The fraction of sp³-hybridized carbons (Fsp3) is 0.389. The number of carbonyl (C=O) groups excluding carboxylic acids is 1. The van der Waals surface area contributed by atoms with Crippen molar-refractivity contribution in [3.63, 3.8) is 0 Å². The summed E-state index contributed by atoms with van der Waals surface area (Å²) < 4.78 is 0. The van der Waals surface area contributed by atoms with Gasteiger partial charge in [-0.15, -0.1) is 0 Å². The molecule has 1 aromatic heterocycles. The molecule has 0 saturated heterocycles. The molecule has 0 spiro atoms. The Morgan fingerprint density at radius 3 is 3.05 bits per heavy atom. The van der Waals surface area contributed by atoms with Gasteiger partial charge < -0.3 is 10.3 Å². The zero-order valence-electron chi connectivity index (χ0n) is 12.6. The predicted octanol–water partition coefficient (Wildman–Crippen LogP) is 2.19. The third-order valence-electron chi connectivity index (χ3n) is 4.70. The lowest BCUT2D eigenvalue weighted by Gasteiger charge is -2.12. The molecule has 3 N–H and O–H groups in total. The van der Waals surface area contributed by atoms with E-state index in [1.165, 1.54) is 41.4 Å². The van der Waals surface area contributed by atoms with E-state index in [-0.39, 0.29) is 11.9 Å². The van der Waals surface area contributed by atoms with Gasteiger partial charge in [0.15, 0.2) is 0 Å². The second-order valence-electron chi connectivity index (χ2n) is 6.20. The van der Waals surface area contributed by atoms with E-state index < -0.39 is 0 Å². The van der Waals surface area contributed by atoms with Crippen LogP contribution >= 0.6 is 0 Å². The van der Waals surface area contributed by atoms with Crippen molar-refractivity contribution in [2.24, 2.45) is 0 Å². The number of carbonyl (C=O) groups is 1. The van der Waals surface area contributed by atoms with Gasteiger partial charge in [-0.05, 0) is 48.9 Å². The van der Waals surface area contributed by atoms with Crippen LogP contribution in [0.1, 0.15) is 29.7 Å². The number of aromatic nitrogens is 1. The third-order valence-corrected chi connectivity index (χ3v) is 4.70. The fourth-order valence-electron chi connectivity index (χ4n) is 3.51. The highest BCUT2D eigenvalue weighted by Crippen LogP contribution is 2.29. The minimum atomic E-state index is -0.177. The van der Waals surface area contributed by atoms with E-state index in [2.05, 4.69) is 33.8 Å². The van der Waals surface area contributed by atoms with Crippen LogP contribution in [0.25, 0.3) is 10.9 Å². The highest BCUT2D eigenvalue weighted by Gasteiger charge is 2.18. The minimum Gasteiger partial charge on any atom is -0.358 e. The quantitative estimate of drug-likeness (QED) is 0.760. The second kappa shape index (κ2) is 5.61. The third kappa shape index (κ3) is 2.44. The van der Waals surface area contributed by atoms with E-state index in [4.69, 9.17) is 0 Å². The maximum atomic E-state index is 12.0. The number of amides is 1. The topological polar surface area (TPSA) is 56.9 Å². The number of aromatic amines is 1. The van der Waals surface area contributed by atoms with Crippen LogP contribution in [0.2, 0.25) is 0 Å². The number of rotatable bonds is 3. The van der Waals surface area contributed by atoms with Crippen molar-refractivity contribution < 1.29 is 4.79 Å². The fourth-order valence-corrected chi connectivity index (χ4v) is 3.51. The molecule has 1 atom stereocenters. The van der Waals surface area contributed by atoms with Crippen LogP contribution in [0.3, 0.4) is 0 Å². The molecule has 1 aliphatic carbocycles. The number of nitrogens with one attached hydrogen (secondary N) is 3. The summed E-state index contributed by atoms with van der Waals surface area (Å²) in [6.07, 6.45) is 8.80. The molecule has 0 bridgehead atoms. The molecule has 2 aliphatic rings. The van der Waals surface area contributed by atoms with Gasteiger partial charge in [-0.3, -0.25) is 10.1 Å². The first-order valence-corrected chi connectivity index (χ1v) is 8.11. The van der Waals surface area contributed by atoms with Crippen LogP contribution < -0.4 is 10.6 Å². The molecular weight excluding hydrogens is 274 g/mol. The Labute approximate surface area is 130 Å². The normalized spacial score (nSPS) is 20.3. The van der Waals surface area contributed by atoms with Crippen molar-refractivity contribution in [2.75, 3.05) is 6.54 Å². The highest BCUT2D eigenvalue weighted by molar-refractivity contribution is 5.86. The SMILES string of the molecule is O=C(NCc1ccc2[nH]c3c(c2c1)CCCC3)[C@H]1C=CCN1. The number of hydrogen-bond acceptors (Lipinski definition) is 2. The van der Waals surface area contributed by atoms with Crippen LogP contribution in [0.15, 0.2) is 30.4 Å². The molecule has 0 unspecified atom stereocenters. The van der Waals surface area contributed by atoms with E-state index in [1.54, 1.807) is 0 Å². The van der Waals surface area contributed by atoms with Crippen molar-refractivity contribution in [3.05, 3.63) is 47.2 Å². The van der Waals surface area contributed by atoms with Crippen LogP contribution in [0, 0.1) is 0 Å². The molecule has 0 fully saturated rings. The van der Waals surface area contributed by atoms with Crippen LogP contribution in [-0.2, 0) is 24.2 Å². The Morgan fingerprint density at radius 2 is 2.18 bits per heavy atom. The average molecular weight is 295 g/mol. The molecule has 0 saturated carbocycles. The first-order chi connectivity index (χ1) is 10.8. The van der Waals surface area contributed by atoms with Gasteiger partial charge in [0.2, 0.25) is 5.91 Å². The first-order valence-electron chi connectivity index (χ1n) is 8.11. The molecule has 4 heteroatoms. The maximum Gasteiger partial charge on any atom is 0.241 e. The van der Waals surface area contributed by atoms with Crippen LogP contribution in [-0.4, -0.2) is 23.5 Å². The second-order valence-corrected chi connectivity index (χ2v) is 6.20. The number of fused-ring (bicyclic) bond motifs is 3. The minimum absolute atomic E-state index is 0.0462. The monoisotopic (exact) mass is 295 g/mol. The summed E-state index contributed by atoms with van der Waals surface area (Å²) in [5.74, 6) is 0.0462. The molecule has 2 aromatic rings. The molecule has 1 aromatic carbocycles. The summed E-state index contributed by atoms with van der Waals surface area (Å²) in [5, 5.41) is 7.48. The molecule has 4 nitrogen and oxygen atoms in total. The molecule has 2 heterocycles. The van der Waals surface area contributed by atoms with Crippen molar-refractivity contribution in [1.82, 2.24) is 15.6 Å². The first kappa shape index (κ1) is 13.6. The molecular formula is C18H21N3O. The van der Waals surface area contributed by atoms with E-state index in [0.29, 0.717) is 6.54 Å². The van der Waals surface area contributed by atoms with Crippen molar-refractivity contribution in [2.45, 2.75) is 38.3 Å². The van der Waals surface area contributed by atoms with Gasteiger partial charge in [0.05, 0.1) is 0 Å². The summed E-state index contributed by atoms with van der Waals surface area (Å²) in [6.45, 7) is 1.36. The Bertz CT molecular complexity index is 744. The van der Waals surface area contributed by atoms with Crippen molar-refractivity contribution in [3.8, 4) is 0 Å². The number of hydrogen-bond donors (Lipinski definition) is 3.